The van der Waals surface area contributed by atoms with Gasteiger partial charge in [-0.2, -0.15) is 0 Å². The first-order valence-electron chi connectivity index (χ1n) is 12.1. The van der Waals surface area contributed by atoms with E-state index in [9.17, 15) is 14.7 Å². The van der Waals surface area contributed by atoms with E-state index >= 15 is 0 Å². The second kappa shape index (κ2) is 7.85. The molecule has 2 saturated carbocycles. The lowest BCUT2D eigenvalue weighted by atomic mass is 9.86. The van der Waals surface area contributed by atoms with E-state index < -0.39 is 0 Å². The van der Waals surface area contributed by atoms with Gasteiger partial charge in [0.1, 0.15) is 0 Å². The van der Waals surface area contributed by atoms with Crippen LogP contribution in [-0.2, 0) is 11.3 Å². The average Bonchev–Trinajstić information content (AvgIpc) is 3.73. The van der Waals surface area contributed by atoms with Crippen LogP contribution in [0.25, 0.3) is 11.1 Å². The Morgan fingerprint density at radius 3 is 2.47 bits per heavy atom. The van der Waals surface area contributed by atoms with Crippen molar-refractivity contribution in [2.75, 3.05) is 19.7 Å². The second-order valence-corrected chi connectivity index (χ2v) is 10.2. The molecule has 3 heterocycles. The summed E-state index contributed by atoms with van der Waals surface area (Å²) in [5.74, 6) is 0.848. The number of carbonyl (C=O) groups excluding carboxylic acids is 1. The lowest BCUT2D eigenvalue weighted by Crippen LogP contribution is -2.47. The minimum atomic E-state index is -0.321. The van der Waals surface area contributed by atoms with E-state index in [1.807, 2.05) is 47.0 Å². The van der Waals surface area contributed by atoms with E-state index in [4.69, 9.17) is 0 Å². The maximum absolute atomic E-state index is 13.6. The first-order valence-corrected chi connectivity index (χ1v) is 12.1. The SMILES string of the molecule is O=C(NCC1CC1)[C@@H]1[C@@H](CO)[C@@H]2Cn3c(ccc(-c4ccccc4)c3=O)[C@H]1N2CC1CC1. The summed E-state index contributed by atoms with van der Waals surface area (Å²) in [5.41, 5.74) is 2.54. The van der Waals surface area contributed by atoms with Crippen LogP contribution in [-0.4, -0.2) is 46.2 Å². The molecule has 32 heavy (non-hydrogen) atoms. The molecule has 0 unspecified atom stereocenters. The van der Waals surface area contributed by atoms with Crippen LogP contribution >= 0.6 is 0 Å². The van der Waals surface area contributed by atoms with E-state index in [1.54, 1.807) is 0 Å². The predicted molar refractivity (Wildman–Crippen MR) is 122 cm³/mol. The third-order valence-corrected chi connectivity index (χ3v) is 7.99. The van der Waals surface area contributed by atoms with Crippen molar-refractivity contribution in [3.8, 4) is 11.1 Å². The smallest absolute Gasteiger partial charge is 0.258 e. The van der Waals surface area contributed by atoms with Crippen LogP contribution in [0.2, 0.25) is 0 Å². The molecule has 0 radical (unpaired) electrons. The van der Waals surface area contributed by atoms with Gasteiger partial charge in [-0.05, 0) is 55.2 Å². The highest BCUT2D eigenvalue weighted by atomic mass is 16.3. The average molecular weight is 434 g/mol. The van der Waals surface area contributed by atoms with Gasteiger partial charge >= 0.3 is 0 Å². The monoisotopic (exact) mass is 433 g/mol. The zero-order valence-electron chi connectivity index (χ0n) is 18.3. The van der Waals surface area contributed by atoms with Crippen LogP contribution in [0.3, 0.4) is 0 Å². The fraction of sp³-hybridized carbons (Fsp3) is 0.538. The molecule has 4 atom stereocenters. The van der Waals surface area contributed by atoms with Gasteiger partial charge in [-0.25, -0.2) is 0 Å². The number of aliphatic hydroxyl groups is 1. The first kappa shape index (κ1) is 20.2. The highest BCUT2D eigenvalue weighted by Crippen LogP contribution is 2.50. The molecule has 2 aliphatic carbocycles. The molecule has 6 nitrogen and oxygen atoms in total. The number of hydrogen-bond acceptors (Lipinski definition) is 4. The van der Waals surface area contributed by atoms with Crippen LogP contribution in [0, 0.1) is 23.7 Å². The summed E-state index contributed by atoms with van der Waals surface area (Å²) in [5, 5.41) is 13.5. The van der Waals surface area contributed by atoms with Crippen molar-refractivity contribution >= 4 is 5.91 Å². The van der Waals surface area contributed by atoms with E-state index in [2.05, 4.69) is 10.2 Å². The molecular weight excluding hydrogens is 402 g/mol. The van der Waals surface area contributed by atoms with Crippen molar-refractivity contribution in [2.24, 2.45) is 23.7 Å². The first-order chi connectivity index (χ1) is 15.7. The Balaban J connectivity index is 1.41. The molecule has 4 aliphatic rings. The summed E-state index contributed by atoms with van der Waals surface area (Å²) < 4.78 is 1.89. The molecular formula is C26H31N3O3. The number of fused-ring (bicyclic) bond motifs is 4. The summed E-state index contributed by atoms with van der Waals surface area (Å²) in [6.07, 6.45) is 4.85. The number of aromatic nitrogens is 1. The van der Waals surface area contributed by atoms with Gasteiger partial charge in [0, 0.05) is 49.5 Å². The molecule has 2 aliphatic heterocycles. The van der Waals surface area contributed by atoms with Crippen molar-refractivity contribution in [1.82, 2.24) is 14.8 Å². The van der Waals surface area contributed by atoms with E-state index in [0.29, 0.717) is 23.9 Å². The molecule has 1 saturated heterocycles. The topological polar surface area (TPSA) is 74.6 Å². The Hall–Kier alpha value is -2.44. The number of aliphatic hydroxyl groups excluding tert-OH is 1. The standard InChI is InChI=1S/C26H31N3O3/c30-15-20-22-14-29-21(11-10-19(26(29)32)18-4-2-1-3-5-18)24(28(22)13-17-8-9-17)23(20)25(31)27-12-16-6-7-16/h1-5,10-11,16-17,20,22-24,30H,6-9,12-15H2,(H,27,31)/t20-,22-,23+,24+/m0/s1. The summed E-state index contributed by atoms with van der Waals surface area (Å²) >= 11 is 0. The Labute approximate surface area is 188 Å². The van der Waals surface area contributed by atoms with Gasteiger partial charge in [0.15, 0.2) is 0 Å². The van der Waals surface area contributed by atoms with Crippen molar-refractivity contribution in [3.63, 3.8) is 0 Å². The van der Waals surface area contributed by atoms with Gasteiger partial charge in [0.2, 0.25) is 5.91 Å². The van der Waals surface area contributed by atoms with Gasteiger partial charge in [-0.15, -0.1) is 0 Å². The van der Waals surface area contributed by atoms with E-state index in [1.165, 1.54) is 25.7 Å². The molecule has 6 rings (SSSR count). The fourth-order valence-corrected chi connectivity index (χ4v) is 5.90. The number of nitrogens with zero attached hydrogens (tertiary/aromatic N) is 2. The van der Waals surface area contributed by atoms with Crippen LogP contribution < -0.4 is 10.9 Å². The number of nitrogens with one attached hydrogen (secondary N) is 1. The lowest BCUT2D eigenvalue weighted by molar-refractivity contribution is -0.127. The third-order valence-electron chi connectivity index (χ3n) is 7.99. The van der Waals surface area contributed by atoms with Crippen LogP contribution in [0.1, 0.15) is 37.4 Å². The quantitative estimate of drug-likeness (QED) is 0.703. The fourth-order valence-electron chi connectivity index (χ4n) is 5.90. The molecule has 6 heteroatoms. The Morgan fingerprint density at radius 1 is 1.03 bits per heavy atom. The maximum atomic E-state index is 13.6. The molecule has 2 bridgehead atoms. The summed E-state index contributed by atoms with van der Waals surface area (Å²) in [6, 6.07) is 13.6. The second-order valence-electron chi connectivity index (χ2n) is 10.2. The van der Waals surface area contributed by atoms with Gasteiger partial charge in [0.05, 0.1) is 12.0 Å². The number of rotatable bonds is 7. The third kappa shape index (κ3) is 3.41. The number of carbonyl (C=O) groups is 1. The van der Waals surface area contributed by atoms with Crippen molar-refractivity contribution in [2.45, 2.75) is 44.3 Å². The van der Waals surface area contributed by atoms with Gasteiger partial charge in [-0.1, -0.05) is 30.3 Å². The van der Waals surface area contributed by atoms with Crippen molar-refractivity contribution in [3.05, 3.63) is 58.5 Å². The Bertz CT molecular complexity index is 1070. The molecule has 1 amide bonds. The number of pyridine rings is 1. The summed E-state index contributed by atoms with van der Waals surface area (Å²) in [4.78, 5) is 29.4. The molecule has 2 aromatic rings. The number of benzene rings is 1. The van der Waals surface area contributed by atoms with Gasteiger partial charge in [-0.3, -0.25) is 14.5 Å². The van der Waals surface area contributed by atoms with Crippen LogP contribution in [0.15, 0.2) is 47.3 Å². The maximum Gasteiger partial charge on any atom is 0.258 e. The number of hydrogen-bond donors (Lipinski definition) is 2. The molecule has 0 spiro atoms. The molecule has 2 N–H and O–H groups in total. The Morgan fingerprint density at radius 2 is 1.78 bits per heavy atom. The molecule has 1 aromatic carbocycles. The molecule has 3 fully saturated rings. The van der Waals surface area contributed by atoms with Gasteiger partial charge < -0.3 is 15.0 Å². The largest absolute Gasteiger partial charge is 0.396 e. The lowest BCUT2D eigenvalue weighted by Gasteiger charge is -2.38. The zero-order valence-corrected chi connectivity index (χ0v) is 18.3. The summed E-state index contributed by atoms with van der Waals surface area (Å²) in [6.45, 7) is 2.19. The number of amides is 1. The van der Waals surface area contributed by atoms with Crippen LogP contribution in [0.5, 0.6) is 0 Å². The Kier molecular flexibility index (Phi) is 4.95. The van der Waals surface area contributed by atoms with Crippen molar-refractivity contribution < 1.29 is 9.90 Å². The van der Waals surface area contributed by atoms with E-state index in [-0.39, 0.29) is 42.0 Å². The van der Waals surface area contributed by atoms with Crippen molar-refractivity contribution in [1.29, 1.82) is 0 Å². The zero-order chi connectivity index (χ0) is 21.8. The minimum Gasteiger partial charge on any atom is -0.396 e. The van der Waals surface area contributed by atoms with E-state index in [0.717, 1.165) is 24.3 Å². The normalized spacial score (nSPS) is 29.0. The van der Waals surface area contributed by atoms with Gasteiger partial charge in [0.25, 0.3) is 5.56 Å². The highest BCUT2D eigenvalue weighted by molar-refractivity contribution is 5.81. The highest BCUT2D eigenvalue weighted by Gasteiger charge is 2.56. The summed E-state index contributed by atoms with van der Waals surface area (Å²) in [7, 11) is 0. The molecule has 1 aromatic heterocycles. The van der Waals surface area contributed by atoms with Crippen LogP contribution in [0.4, 0.5) is 0 Å². The predicted octanol–water partition coefficient (Wildman–Crippen LogP) is 2.42. The minimum absolute atomic E-state index is 0.00509. The molecule has 168 valence electrons.